The zero-order valence-corrected chi connectivity index (χ0v) is 45.6. The van der Waals surface area contributed by atoms with Gasteiger partial charge in [-0.05, 0) is 100 Å². The van der Waals surface area contributed by atoms with Crippen LogP contribution < -0.4 is 10.4 Å². The second kappa shape index (κ2) is 25.8. The fourth-order valence-electron chi connectivity index (χ4n) is 11.2. The van der Waals surface area contributed by atoms with E-state index in [2.05, 4.69) is 175 Å². The minimum atomic E-state index is -2.70. The van der Waals surface area contributed by atoms with Gasteiger partial charge in [0.2, 0.25) is 8.32 Å². The van der Waals surface area contributed by atoms with Crippen molar-refractivity contribution in [3.63, 3.8) is 0 Å². The topological polar surface area (TPSA) is 63.2 Å². The first-order valence-electron chi connectivity index (χ1n) is 25.3. The summed E-state index contributed by atoms with van der Waals surface area (Å²) in [6.07, 6.45) is 5.99. The molecule has 1 aliphatic heterocycles. The van der Waals surface area contributed by atoms with E-state index in [0.717, 1.165) is 56.7 Å². The number of hydrogen-bond donors (Lipinski definition) is 0. The van der Waals surface area contributed by atoms with Gasteiger partial charge in [0.15, 0.2) is 8.32 Å². The standard InChI is InChI=1S/C55H90O6Si3/c1-14-62(15-2,16-3)60-50(37-46(10)41-57-42-47-27-20-17-21-28-47)30-26-29-48(56)38-51-40-52(61-63(43(4)5,44(6)7)45(8)9)39-49(59-51)35-36-58-64(55(11,12)13,53-31-22-18-23-32-53)54-33-24-19-25-34-54/h17-25,27-28,31-34,43-46,49-52H,14-16,26,29-30,35-42H2,1-13H3/t46-,49-,50-,51+,52+/m1/s1. The third-order valence-electron chi connectivity index (χ3n) is 14.7. The van der Waals surface area contributed by atoms with Crippen LogP contribution in [0.5, 0.6) is 0 Å². The highest BCUT2D eigenvalue weighted by molar-refractivity contribution is 6.99. The molecule has 1 aliphatic rings. The number of rotatable bonds is 28. The minimum Gasteiger partial charge on any atom is -0.414 e. The molecule has 0 unspecified atom stereocenters. The van der Waals surface area contributed by atoms with Crippen LogP contribution in [0.15, 0.2) is 91.0 Å². The van der Waals surface area contributed by atoms with Crippen LogP contribution >= 0.6 is 0 Å². The molecule has 6 nitrogen and oxygen atoms in total. The van der Waals surface area contributed by atoms with E-state index < -0.39 is 25.0 Å². The van der Waals surface area contributed by atoms with Gasteiger partial charge in [-0.3, -0.25) is 4.79 Å². The number of carbonyl (C=O) groups excluding carboxylic acids is 1. The Kier molecular flexibility index (Phi) is 21.9. The number of ketones is 1. The molecule has 4 rings (SSSR count). The number of ether oxygens (including phenoxy) is 2. The average Bonchev–Trinajstić information content (AvgIpc) is 3.26. The Morgan fingerprint density at radius 1 is 0.734 bits per heavy atom. The van der Waals surface area contributed by atoms with Crippen molar-refractivity contribution in [1.82, 2.24) is 0 Å². The van der Waals surface area contributed by atoms with Crippen molar-refractivity contribution in [2.45, 2.75) is 212 Å². The highest BCUT2D eigenvalue weighted by Gasteiger charge is 2.51. The molecule has 3 aromatic carbocycles. The highest BCUT2D eigenvalue weighted by atomic mass is 28.4. The molecule has 5 atom stereocenters. The van der Waals surface area contributed by atoms with Gasteiger partial charge in [-0.15, -0.1) is 0 Å². The van der Waals surface area contributed by atoms with Crippen molar-refractivity contribution in [2.75, 3.05) is 13.2 Å². The lowest BCUT2D eigenvalue weighted by molar-refractivity contribution is -0.131. The average molecular weight is 932 g/mol. The van der Waals surface area contributed by atoms with Gasteiger partial charge in [-0.25, -0.2) is 0 Å². The first-order chi connectivity index (χ1) is 30.4. The minimum absolute atomic E-state index is 0.0495. The number of Topliss-reactive ketones (excluding diaryl/α,β-unsaturated/α-hetero) is 1. The van der Waals surface area contributed by atoms with E-state index in [0.29, 0.717) is 55.2 Å². The van der Waals surface area contributed by atoms with E-state index in [-0.39, 0.29) is 35.2 Å². The van der Waals surface area contributed by atoms with Crippen molar-refractivity contribution in [3.8, 4) is 0 Å². The van der Waals surface area contributed by atoms with Gasteiger partial charge in [0.1, 0.15) is 5.78 Å². The van der Waals surface area contributed by atoms with E-state index in [9.17, 15) is 4.79 Å². The molecule has 0 saturated carbocycles. The summed E-state index contributed by atoms with van der Waals surface area (Å²) in [6, 6.07) is 35.6. The summed E-state index contributed by atoms with van der Waals surface area (Å²) in [5.74, 6) is 0.654. The molecule has 0 bridgehead atoms. The monoisotopic (exact) mass is 931 g/mol. The van der Waals surface area contributed by atoms with Gasteiger partial charge < -0.3 is 22.8 Å². The number of carbonyl (C=O) groups is 1. The summed E-state index contributed by atoms with van der Waals surface area (Å²) in [5.41, 5.74) is 2.65. The summed E-state index contributed by atoms with van der Waals surface area (Å²) in [5, 5.41) is 2.47. The molecular formula is C55H90O6Si3. The Morgan fingerprint density at radius 3 is 1.75 bits per heavy atom. The zero-order chi connectivity index (χ0) is 47.0. The molecule has 64 heavy (non-hydrogen) atoms. The first kappa shape index (κ1) is 54.4. The van der Waals surface area contributed by atoms with Gasteiger partial charge in [-0.1, -0.05) is 181 Å². The van der Waals surface area contributed by atoms with Crippen LogP contribution in [-0.2, 0) is 34.2 Å². The van der Waals surface area contributed by atoms with E-state index in [1.54, 1.807) is 0 Å². The summed E-state index contributed by atoms with van der Waals surface area (Å²) >= 11 is 0. The van der Waals surface area contributed by atoms with Gasteiger partial charge in [0.05, 0.1) is 24.9 Å². The molecule has 0 spiro atoms. The summed E-state index contributed by atoms with van der Waals surface area (Å²) in [7, 11) is -6.72. The second-order valence-electron chi connectivity index (χ2n) is 21.2. The molecule has 358 valence electrons. The fourth-order valence-corrected chi connectivity index (χ4v) is 24.3. The summed E-state index contributed by atoms with van der Waals surface area (Å²) in [4.78, 5) is 14.1. The lowest BCUT2D eigenvalue weighted by Gasteiger charge is -2.47. The fraction of sp³-hybridized carbons (Fsp3) is 0.655. The van der Waals surface area contributed by atoms with Gasteiger partial charge in [0.25, 0.3) is 8.32 Å². The van der Waals surface area contributed by atoms with E-state index in [1.165, 1.54) is 15.9 Å². The SMILES string of the molecule is CC[Si](CC)(CC)O[C@H](CCCC(=O)C[C@H]1C[C@@H](O[Si](C(C)C)(C(C)C)C(C)C)C[C@@H](CCO[Si](c2ccccc2)(c2ccccc2)C(C)(C)C)O1)C[C@@H](C)COCc1ccccc1. The predicted octanol–water partition coefficient (Wildman–Crippen LogP) is 13.8. The van der Waals surface area contributed by atoms with E-state index >= 15 is 0 Å². The maximum absolute atomic E-state index is 14.1. The molecule has 0 radical (unpaired) electrons. The molecular weight excluding hydrogens is 841 g/mol. The Morgan fingerprint density at radius 2 is 1.25 bits per heavy atom. The van der Waals surface area contributed by atoms with Crippen LogP contribution in [0.3, 0.4) is 0 Å². The second-order valence-corrected chi connectivity index (χ2v) is 35.6. The predicted molar refractivity (Wildman–Crippen MR) is 277 cm³/mol. The van der Waals surface area contributed by atoms with Crippen molar-refractivity contribution in [2.24, 2.45) is 5.92 Å². The van der Waals surface area contributed by atoms with E-state index in [4.69, 9.17) is 22.8 Å². The maximum atomic E-state index is 14.1. The summed E-state index contributed by atoms with van der Waals surface area (Å²) in [6.45, 7) is 32.3. The zero-order valence-electron chi connectivity index (χ0n) is 42.6. The maximum Gasteiger partial charge on any atom is 0.261 e. The lowest BCUT2D eigenvalue weighted by Crippen LogP contribution is -2.66. The van der Waals surface area contributed by atoms with Gasteiger partial charge in [0, 0.05) is 32.2 Å². The Labute approximate surface area is 394 Å². The molecule has 0 N–H and O–H groups in total. The van der Waals surface area contributed by atoms with Crippen LogP contribution in [0.1, 0.15) is 147 Å². The van der Waals surface area contributed by atoms with Crippen LogP contribution in [0, 0.1) is 5.92 Å². The smallest absolute Gasteiger partial charge is 0.261 e. The molecule has 3 aromatic rings. The molecule has 0 aromatic heterocycles. The molecule has 9 heteroatoms. The summed E-state index contributed by atoms with van der Waals surface area (Å²) < 4.78 is 35.2. The number of hydrogen-bond acceptors (Lipinski definition) is 6. The highest BCUT2D eigenvalue weighted by Crippen LogP contribution is 2.45. The van der Waals surface area contributed by atoms with Crippen LogP contribution in [0.25, 0.3) is 0 Å². The molecule has 0 amide bonds. The van der Waals surface area contributed by atoms with Crippen LogP contribution in [-0.4, -0.2) is 68.4 Å². The normalized spacial score (nSPS) is 18.8. The Hall–Kier alpha value is -2.22. The molecule has 1 heterocycles. The van der Waals surface area contributed by atoms with Crippen molar-refractivity contribution >= 4 is 41.1 Å². The van der Waals surface area contributed by atoms with Crippen molar-refractivity contribution in [3.05, 3.63) is 96.6 Å². The Balaban J connectivity index is 1.49. The van der Waals surface area contributed by atoms with E-state index in [1.807, 2.05) is 6.07 Å². The van der Waals surface area contributed by atoms with Crippen LogP contribution in [0.2, 0.25) is 39.8 Å². The third-order valence-corrected chi connectivity index (χ3v) is 30.6. The molecule has 1 saturated heterocycles. The largest absolute Gasteiger partial charge is 0.414 e. The molecule has 0 aliphatic carbocycles. The first-order valence-corrected chi connectivity index (χ1v) is 31.9. The van der Waals surface area contributed by atoms with Gasteiger partial charge >= 0.3 is 0 Å². The lowest BCUT2D eigenvalue weighted by atomic mass is 9.94. The Bertz CT molecular complexity index is 1670. The number of benzene rings is 3. The van der Waals surface area contributed by atoms with Gasteiger partial charge in [-0.2, -0.15) is 0 Å². The van der Waals surface area contributed by atoms with Crippen molar-refractivity contribution in [1.29, 1.82) is 0 Å². The molecule has 1 fully saturated rings. The quantitative estimate of drug-likeness (QED) is 0.0676. The third kappa shape index (κ3) is 14.6. The van der Waals surface area contributed by atoms with Crippen LogP contribution in [0.4, 0.5) is 0 Å². The van der Waals surface area contributed by atoms with Crippen molar-refractivity contribution < 1.29 is 27.5 Å².